The molecule has 268 valence electrons. The van der Waals surface area contributed by atoms with Crippen LogP contribution in [0.2, 0.25) is 0 Å². The highest BCUT2D eigenvalue weighted by Gasteiger charge is 2.52. The zero-order valence-corrected chi connectivity index (χ0v) is 29.4. The van der Waals surface area contributed by atoms with Crippen molar-refractivity contribution in [3.63, 3.8) is 0 Å². The molecular weight excluding hydrogens is 661 g/mol. The molecule has 1 saturated heterocycles. The Kier molecular flexibility index (Phi) is 11.4. The molecule has 6 heteroatoms. The number of aliphatic hydroxyl groups excluding tert-OH is 2. The summed E-state index contributed by atoms with van der Waals surface area (Å²) in [4.78, 5) is 0. The van der Waals surface area contributed by atoms with Gasteiger partial charge in [-0.1, -0.05) is 188 Å². The summed E-state index contributed by atoms with van der Waals surface area (Å²) < 4.78 is 27.1. The Labute approximate surface area is 311 Å². The van der Waals surface area contributed by atoms with Gasteiger partial charge in [-0.25, -0.2) is 0 Å². The predicted molar refractivity (Wildman–Crippen MR) is 206 cm³/mol. The molecule has 0 aliphatic carbocycles. The topological polar surface area (TPSA) is 77.4 Å². The predicted octanol–water partition coefficient (Wildman–Crippen LogP) is 8.02. The van der Waals surface area contributed by atoms with E-state index < -0.39 is 41.9 Å². The Morgan fingerprint density at radius 2 is 0.849 bits per heavy atom. The highest BCUT2D eigenvalue weighted by molar-refractivity contribution is 5.49. The normalized spacial score (nSPS) is 20.5. The largest absolute Gasteiger partial charge is 0.387 e. The molecule has 1 aliphatic heterocycles. The minimum Gasteiger partial charge on any atom is -0.387 e. The first-order chi connectivity index (χ1) is 26.1. The molecule has 5 atom stereocenters. The van der Waals surface area contributed by atoms with Gasteiger partial charge in [0.25, 0.3) is 0 Å². The van der Waals surface area contributed by atoms with E-state index in [9.17, 15) is 10.2 Å². The number of benzene rings is 6. The van der Waals surface area contributed by atoms with Crippen LogP contribution in [0.25, 0.3) is 0 Å². The molecule has 6 aromatic carbocycles. The van der Waals surface area contributed by atoms with E-state index in [-0.39, 0.29) is 13.2 Å². The van der Waals surface area contributed by atoms with Crippen LogP contribution in [0.15, 0.2) is 195 Å². The molecule has 6 nitrogen and oxygen atoms in total. The van der Waals surface area contributed by atoms with Crippen molar-refractivity contribution in [1.29, 1.82) is 0 Å². The van der Waals surface area contributed by atoms with Crippen LogP contribution >= 0.6 is 0 Å². The van der Waals surface area contributed by atoms with Gasteiger partial charge in [-0.05, 0) is 33.4 Å². The van der Waals surface area contributed by atoms with E-state index in [1.807, 2.05) is 182 Å². The van der Waals surface area contributed by atoms with Crippen LogP contribution < -0.4 is 0 Å². The average Bonchev–Trinajstić information content (AvgIpc) is 3.24. The monoisotopic (exact) mass is 704 g/mol. The van der Waals surface area contributed by atoms with Gasteiger partial charge < -0.3 is 29.2 Å². The number of hydrogen-bond acceptors (Lipinski definition) is 6. The molecule has 53 heavy (non-hydrogen) atoms. The van der Waals surface area contributed by atoms with Crippen LogP contribution in [-0.4, -0.2) is 54.1 Å². The molecule has 1 fully saturated rings. The maximum absolute atomic E-state index is 12.1. The van der Waals surface area contributed by atoms with Crippen LogP contribution in [-0.2, 0) is 30.1 Å². The summed E-state index contributed by atoms with van der Waals surface area (Å²) in [6.45, 7) is 3.89. The van der Waals surface area contributed by atoms with Crippen molar-refractivity contribution < 1.29 is 29.2 Å². The molecule has 0 unspecified atom stereocenters. The second-order valence-corrected chi connectivity index (χ2v) is 13.1. The van der Waals surface area contributed by atoms with E-state index >= 15 is 0 Å². The van der Waals surface area contributed by atoms with Crippen LogP contribution in [0.1, 0.15) is 33.4 Å². The van der Waals surface area contributed by atoms with Crippen molar-refractivity contribution in [2.24, 2.45) is 0 Å². The van der Waals surface area contributed by atoms with E-state index in [4.69, 9.17) is 18.9 Å². The maximum atomic E-state index is 12.1. The molecule has 0 bridgehead atoms. The lowest BCUT2D eigenvalue weighted by Gasteiger charge is -2.47. The SMILES string of the molecule is C=CCO[C@H]1O[C@H](COC(c2ccccc2)(c2ccccc2)c2ccccc2)[C@@H](O)[C@H](O)[C@@H]1OC(c1ccccc1)(c1ccccc1)c1ccccc1. The standard InChI is InChI=1S/C47H44O6/c1-2-33-50-45-44(53-47(38-27-15-6-16-28-38,39-29-17-7-18-30-39)40-31-19-8-20-32-40)43(49)42(48)41(52-45)34-51-46(35-21-9-3-10-22-35,36-23-11-4-12-24-36)37-25-13-5-14-26-37/h2-32,41-45,48-49H,1,33-34H2/t41-,42-,43+,44+,45+/m1/s1. The highest BCUT2D eigenvalue weighted by atomic mass is 16.7. The number of rotatable bonds is 14. The number of ether oxygens (including phenoxy) is 4. The molecular formula is C47H44O6. The van der Waals surface area contributed by atoms with Crippen molar-refractivity contribution in [2.75, 3.05) is 13.2 Å². The van der Waals surface area contributed by atoms with E-state index in [1.54, 1.807) is 6.08 Å². The van der Waals surface area contributed by atoms with Crippen molar-refractivity contribution in [2.45, 2.75) is 41.9 Å². The molecule has 0 amide bonds. The van der Waals surface area contributed by atoms with Gasteiger partial charge in [0.15, 0.2) is 6.29 Å². The maximum Gasteiger partial charge on any atom is 0.187 e. The third-order valence-corrected chi connectivity index (χ3v) is 9.88. The van der Waals surface area contributed by atoms with Crippen molar-refractivity contribution in [3.8, 4) is 0 Å². The molecule has 0 aromatic heterocycles. The Balaban J connectivity index is 1.28. The molecule has 6 aromatic rings. The smallest absolute Gasteiger partial charge is 0.187 e. The quantitative estimate of drug-likeness (QED) is 0.0884. The summed E-state index contributed by atoms with van der Waals surface area (Å²) in [5.41, 5.74) is 2.96. The van der Waals surface area contributed by atoms with Gasteiger partial charge in [-0.15, -0.1) is 6.58 Å². The minimum absolute atomic E-state index is 0.0845. The third kappa shape index (κ3) is 7.26. The lowest BCUT2D eigenvalue weighted by atomic mass is 9.79. The Morgan fingerprint density at radius 3 is 1.19 bits per heavy atom. The van der Waals surface area contributed by atoms with Gasteiger partial charge in [0.05, 0.1) is 13.2 Å². The molecule has 1 aliphatic rings. The van der Waals surface area contributed by atoms with Crippen LogP contribution in [0.5, 0.6) is 0 Å². The fraction of sp³-hybridized carbons (Fsp3) is 0.191. The van der Waals surface area contributed by atoms with Crippen molar-refractivity contribution in [3.05, 3.63) is 228 Å². The summed E-state index contributed by atoms with van der Waals surface area (Å²) >= 11 is 0. The lowest BCUT2D eigenvalue weighted by Crippen LogP contribution is -2.62. The van der Waals surface area contributed by atoms with Gasteiger partial charge in [0, 0.05) is 0 Å². The second kappa shape index (κ2) is 16.7. The second-order valence-electron chi connectivity index (χ2n) is 13.1. The first kappa shape index (κ1) is 36.2. The van der Waals surface area contributed by atoms with Crippen LogP contribution in [0, 0.1) is 0 Å². The summed E-state index contributed by atoms with van der Waals surface area (Å²) in [6, 6.07) is 59.6. The third-order valence-electron chi connectivity index (χ3n) is 9.88. The van der Waals surface area contributed by atoms with Crippen LogP contribution in [0.4, 0.5) is 0 Å². The number of hydrogen-bond donors (Lipinski definition) is 2. The Morgan fingerprint density at radius 1 is 0.509 bits per heavy atom. The van der Waals surface area contributed by atoms with Gasteiger partial charge in [0.2, 0.25) is 0 Å². The summed E-state index contributed by atoms with van der Waals surface area (Å²) in [6.07, 6.45) is -4.44. The van der Waals surface area contributed by atoms with Crippen LogP contribution in [0.3, 0.4) is 0 Å². The van der Waals surface area contributed by atoms with E-state index in [1.165, 1.54) is 0 Å². The fourth-order valence-electron chi connectivity index (χ4n) is 7.37. The van der Waals surface area contributed by atoms with Gasteiger partial charge in [-0.3, -0.25) is 0 Å². The van der Waals surface area contributed by atoms with Gasteiger partial charge >= 0.3 is 0 Å². The van der Waals surface area contributed by atoms with Gasteiger partial charge in [0.1, 0.15) is 35.6 Å². The molecule has 0 radical (unpaired) electrons. The molecule has 2 N–H and O–H groups in total. The summed E-state index contributed by atoms with van der Waals surface area (Å²) in [5.74, 6) is 0. The molecule has 7 rings (SSSR count). The van der Waals surface area contributed by atoms with E-state index in [0.29, 0.717) is 0 Å². The van der Waals surface area contributed by atoms with Gasteiger partial charge in [-0.2, -0.15) is 0 Å². The van der Waals surface area contributed by atoms with E-state index in [0.717, 1.165) is 33.4 Å². The first-order valence-electron chi connectivity index (χ1n) is 18.0. The zero-order chi connectivity index (χ0) is 36.5. The molecule has 1 heterocycles. The average molecular weight is 705 g/mol. The summed E-state index contributed by atoms with van der Waals surface area (Å²) in [5, 5.41) is 24.1. The first-order valence-corrected chi connectivity index (χ1v) is 18.0. The molecule has 0 saturated carbocycles. The minimum atomic E-state index is -1.43. The number of aliphatic hydroxyl groups is 2. The molecule has 0 spiro atoms. The Hall–Kier alpha value is -5.18. The summed E-state index contributed by atoms with van der Waals surface area (Å²) in [7, 11) is 0. The zero-order valence-electron chi connectivity index (χ0n) is 29.4. The fourth-order valence-corrected chi connectivity index (χ4v) is 7.37. The van der Waals surface area contributed by atoms with Crippen molar-refractivity contribution in [1.82, 2.24) is 0 Å². The highest BCUT2D eigenvalue weighted by Crippen LogP contribution is 2.45. The Bertz CT molecular complexity index is 1800. The van der Waals surface area contributed by atoms with E-state index in [2.05, 4.69) is 6.58 Å². The van der Waals surface area contributed by atoms with Crippen molar-refractivity contribution >= 4 is 0 Å². The lowest BCUT2D eigenvalue weighted by molar-refractivity contribution is -0.323.